The molecule has 0 aliphatic heterocycles. The minimum atomic E-state index is -0.0742. The van der Waals surface area contributed by atoms with Gasteiger partial charge in [-0.3, -0.25) is 9.98 Å². The van der Waals surface area contributed by atoms with Gasteiger partial charge in [0.15, 0.2) is 0 Å². The predicted molar refractivity (Wildman–Crippen MR) is 277 cm³/mol. The van der Waals surface area contributed by atoms with Crippen LogP contribution in [0.4, 0.5) is 0 Å². The summed E-state index contributed by atoms with van der Waals surface area (Å²) in [7, 11) is 14.2. The molecule has 2 N–H and O–H groups in total. The molecule has 1 aliphatic carbocycles. The largest absolute Gasteiger partial charge is 0.507 e. The van der Waals surface area contributed by atoms with Crippen molar-refractivity contribution >= 4 is 12.4 Å². The number of aromatic hydroxyl groups is 2. The standard InChI is InChI=1S/C56H100N6O2/c1-17-21-29-61(15,30-22-18-2)35-33-59(11,12)43-47-39-49(55(5,6)7)37-45(53(47)63)41-57-51-27-25-26-28-52(51)58-42-46-38-50(56(8,9)10)40-48(54(46)64)44-60(13,14)34-36-62(16,31-23-19-3)32-24-20-4/h37-42,51-52H,17-36,43-44H2,1-16H3/q+2/p+2/t51-,52-/m1/s1. The van der Waals surface area contributed by atoms with Crippen molar-refractivity contribution in [3.8, 4) is 11.5 Å². The fourth-order valence-electron chi connectivity index (χ4n) is 9.47. The molecule has 3 rings (SSSR count). The van der Waals surface area contributed by atoms with E-state index in [9.17, 15) is 10.2 Å². The number of quaternary nitrogens is 4. The van der Waals surface area contributed by atoms with E-state index < -0.39 is 0 Å². The first kappa shape index (κ1) is 55.5. The molecule has 0 amide bonds. The van der Waals surface area contributed by atoms with Gasteiger partial charge >= 0.3 is 0 Å². The topological polar surface area (TPSA) is 65.2 Å². The molecule has 1 saturated carbocycles. The van der Waals surface area contributed by atoms with Crippen LogP contribution in [-0.2, 0) is 23.9 Å². The second kappa shape index (κ2) is 24.3. The molecule has 364 valence electrons. The number of unbranched alkanes of at least 4 members (excludes halogenated alkanes) is 4. The van der Waals surface area contributed by atoms with Gasteiger partial charge in [0.25, 0.3) is 0 Å². The SMILES string of the molecule is CCCC[N+](C)(CCCC)CC[N+](C)(C)Cc1cc(C(C)(C)C)cc(/C=N/[C@@H]2CCCC[C@H]2/N=C/c2cc(C(C)(C)C)cc(C[N+](C)(C)CC[N+](C)(CCCC)CCCC)c2O)c1O. The van der Waals surface area contributed by atoms with Crippen LogP contribution in [0.5, 0.6) is 11.5 Å². The van der Waals surface area contributed by atoms with Crippen LogP contribution in [0.15, 0.2) is 34.3 Å². The summed E-state index contributed by atoms with van der Waals surface area (Å²) in [6.45, 7) is 33.6. The highest BCUT2D eigenvalue weighted by Gasteiger charge is 2.31. The first-order valence-corrected chi connectivity index (χ1v) is 25.9. The van der Waals surface area contributed by atoms with E-state index >= 15 is 0 Å². The Morgan fingerprint density at radius 1 is 0.500 bits per heavy atom. The summed E-state index contributed by atoms with van der Waals surface area (Å²) in [4.78, 5) is 10.5. The third-order valence-electron chi connectivity index (χ3n) is 14.6. The lowest BCUT2D eigenvalue weighted by molar-refractivity contribution is -0.961. The number of phenols is 2. The van der Waals surface area contributed by atoms with Crippen LogP contribution < -0.4 is 0 Å². The summed E-state index contributed by atoms with van der Waals surface area (Å²) >= 11 is 0. The number of nitrogens with zero attached hydrogens (tertiary/aromatic N) is 6. The minimum Gasteiger partial charge on any atom is -0.507 e. The van der Waals surface area contributed by atoms with E-state index in [2.05, 4.69) is 136 Å². The molecule has 1 aliphatic rings. The Balaban J connectivity index is 1.92. The highest BCUT2D eigenvalue weighted by Crippen LogP contribution is 2.35. The fraction of sp³-hybridized carbons (Fsp3) is 0.750. The summed E-state index contributed by atoms with van der Waals surface area (Å²) in [6.07, 6.45) is 18.0. The Bertz CT molecular complexity index is 1630. The van der Waals surface area contributed by atoms with Crippen molar-refractivity contribution < 1.29 is 28.1 Å². The lowest BCUT2D eigenvalue weighted by Crippen LogP contribution is -2.53. The van der Waals surface area contributed by atoms with Gasteiger partial charge in [0, 0.05) is 34.7 Å². The van der Waals surface area contributed by atoms with E-state index in [-0.39, 0.29) is 22.9 Å². The van der Waals surface area contributed by atoms with Gasteiger partial charge in [-0.25, -0.2) is 0 Å². The van der Waals surface area contributed by atoms with E-state index in [4.69, 9.17) is 9.98 Å². The molecule has 8 nitrogen and oxygen atoms in total. The Kier molecular flexibility index (Phi) is 21.1. The number of phenolic OH excluding ortho intramolecular Hbond substituents is 2. The molecule has 2 atom stereocenters. The quantitative estimate of drug-likeness (QED) is 0.0730. The monoisotopic (exact) mass is 891 g/mol. The van der Waals surface area contributed by atoms with Crippen LogP contribution in [0.2, 0.25) is 0 Å². The van der Waals surface area contributed by atoms with E-state index in [1.807, 2.05) is 12.4 Å². The smallest absolute Gasteiger partial charge is 0.133 e. The maximum absolute atomic E-state index is 12.0. The number of rotatable bonds is 26. The van der Waals surface area contributed by atoms with Crippen molar-refractivity contribution in [2.75, 3.05) is 94.6 Å². The predicted octanol–water partition coefficient (Wildman–Crippen LogP) is 11.8. The summed E-state index contributed by atoms with van der Waals surface area (Å²) in [5, 5.41) is 23.9. The molecule has 0 saturated heterocycles. The highest BCUT2D eigenvalue weighted by atomic mass is 16.3. The molecule has 2 aromatic carbocycles. The lowest BCUT2D eigenvalue weighted by Gasteiger charge is -2.39. The molecule has 1 fully saturated rings. The molecule has 64 heavy (non-hydrogen) atoms. The van der Waals surface area contributed by atoms with E-state index in [1.165, 1.54) is 88.7 Å². The van der Waals surface area contributed by atoms with Crippen molar-refractivity contribution in [1.29, 1.82) is 0 Å². The maximum Gasteiger partial charge on any atom is 0.133 e. The third-order valence-corrected chi connectivity index (χ3v) is 14.6. The molecule has 2 aromatic rings. The van der Waals surface area contributed by atoms with Gasteiger partial charge in [-0.15, -0.1) is 0 Å². The van der Waals surface area contributed by atoms with Crippen molar-refractivity contribution in [3.63, 3.8) is 0 Å². The van der Waals surface area contributed by atoms with Gasteiger partial charge < -0.3 is 28.1 Å². The van der Waals surface area contributed by atoms with Gasteiger partial charge in [-0.1, -0.05) is 108 Å². The van der Waals surface area contributed by atoms with Crippen LogP contribution in [0.3, 0.4) is 0 Å². The maximum atomic E-state index is 12.0. The summed E-state index contributed by atoms with van der Waals surface area (Å²) < 4.78 is 3.89. The molecule has 0 spiro atoms. The average Bonchev–Trinajstić information content (AvgIpc) is 3.22. The lowest BCUT2D eigenvalue weighted by atomic mass is 9.84. The summed E-state index contributed by atoms with van der Waals surface area (Å²) in [5.74, 6) is 0.715. The van der Waals surface area contributed by atoms with Gasteiger partial charge in [0.05, 0.1) is 80.5 Å². The van der Waals surface area contributed by atoms with Crippen molar-refractivity contribution in [3.05, 3.63) is 57.6 Å². The molecule has 0 radical (unpaired) electrons. The molecule has 8 heteroatoms. The number of benzene rings is 2. The van der Waals surface area contributed by atoms with E-state index in [0.717, 1.165) is 105 Å². The molecular weight excluding hydrogens is 789 g/mol. The Hall–Kier alpha value is -2.78. The van der Waals surface area contributed by atoms with Crippen LogP contribution in [0.25, 0.3) is 0 Å². The second-order valence-electron chi connectivity index (χ2n) is 24.3. The third kappa shape index (κ3) is 17.8. The first-order chi connectivity index (χ1) is 29.8. The normalized spacial score (nSPS) is 17.3. The van der Waals surface area contributed by atoms with Crippen molar-refractivity contribution in [2.45, 2.75) is 182 Å². The molecule has 0 aromatic heterocycles. The Morgan fingerprint density at radius 2 is 0.812 bits per heavy atom. The highest BCUT2D eigenvalue weighted by molar-refractivity contribution is 5.86. The molecular formula is C56H102N6O2+4. The van der Waals surface area contributed by atoms with Gasteiger partial charge in [-0.2, -0.15) is 0 Å². The Morgan fingerprint density at radius 3 is 1.09 bits per heavy atom. The van der Waals surface area contributed by atoms with Crippen LogP contribution in [0, 0.1) is 0 Å². The van der Waals surface area contributed by atoms with E-state index in [0.29, 0.717) is 11.5 Å². The van der Waals surface area contributed by atoms with Crippen LogP contribution in [-0.4, -0.2) is 147 Å². The zero-order chi connectivity index (χ0) is 48.0. The van der Waals surface area contributed by atoms with Crippen molar-refractivity contribution in [2.24, 2.45) is 9.98 Å². The molecule has 0 unspecified atom stereocenters. The zero-order valence-corrected chi connectivity index (χ0v) is 44.8. The zero-order valence-electron chi connectivity index (χ0n) is 44.8. The van der Waals surface area contributed by atoms with Crippen LogP contribution in [0.1, 0.15) is 180 Å². The minimum absolute atomic E-state index is 0.0101. The summed E-state index contributed by atoms with van der Waals surface area (Å²) in [6, 6.07) is 8.81. The molecule has 0 heterocycles. The summed E-state index contributed by atoms with van der Waals surface area (Å²) in [5.41, 5.74) is 5.90. The number of aliphatic imine (C=N–C) groups is 2. The van der Waals surface area contributed by atoms with Gasteiger partial charge in [0.1, 0.15) is 50.8 Å². The fourth-order valence-corrected chi connectivity index (χ4v) is 9.47. The van der Waals surface area contributed by atoms with Gasteiger partial charge in [-0.05, 0) is 84.7 Å². The number of hydrogen-bond acceptors (Lipinski definition) is 4. The molecule has 0 bridgehead atoms. The van der Waals surface area contributed by atoms with E-state index in [1.54, 1.807) is 0 Å². The van der Waals surface area contributed by atoms with Gasteiger partial charge in [0.2, 0.25) is 0 Å². The average molecular weight is 891 g/mol. The van der Waals surface area contributed by atoms with Crippen LogP contribution >= 0.6 is 0 Å². The number of hydrogen-bond donors (Lipinski definition) is 2. The number of likely N-dealkylation sites (N-methyl/N-ethyl adjacent to an activating group) is 4. The Labute approximate surface area is 395 Å². The van der Waals surface area contributed by atoms with Crippen molar-refractivity contribution in [1.82, 2.24) is 0 Å². The first-order valence-electron chi connectivity index (χ1n) is 25.9. The second-order valence-corrected chi connectivity index (χ2v) is 24.3.